The molecule has 0 spiro atoms. The molecular weight excluding hydrogens is 392 g/mol. The molecular formula is C22H29ClN2O4. The topological polar surface area (TPSA) is 70.1 Å². The van der Waals surface area contributed by atoms with Gasteiger partial charge in [0.2, 0.25) is 0 Å². The minimum Gasteiger partial charge on any atom is -0.455 e. The number of carbonyl (C=O) groups excluding carboxylic acids is 2. The van der Waals surface area contributed by atoms with Gasteiger partial charge in [-0.05, 0) is 62.7 Å². The Bertz CT molecular complexity index is 758. The standard InChI is InChI=1S/C22H28N2O4.ClH/c25-20-18(28-22(27)14-6-2-1-3-7-14)12-17-16-9-5-11-23-10-4-8-15(19(16)23)13-24(17)21(20)26;/h1-3,6-7,15-20,25H,4-5,8-13H2;1H/t15-,16+,17+,18?,19-,20?;/m0./s1. The minimum absolute atomic E-state index is 0. The molecule has 0 aliphatic carbocycles. The lowest BCUT2D eigenvalue weighted by atomic mass is 9.67. The molecule has 29 heavy (non-hydrogen) atoms. The van der Waals surface area contributed by atoms with Gasteiger partial charge in [0.1, 0.15) is 6.10 Å². The number of hydrogen-bond donors (Lipinski definition) is 1. The lowest BCUT2D eigenvalue weighted by molar-refractivity contribution is -0.175. The Morgan fingerprint density at radius 2 is 1.83 bits per heavy atom. The van der Waals surface area contributed by atoms with Crippen LogP contribution in [0.5, 0.6) is 0 Å². The van der Waals surface area contributed by atoms with Crippen LogP contribution in [0.1, 0.15) is 42.5 Å². The number of fused-ring (bicyclic) bond motifs is 2. The van der Waals surface area contributed by atoms with Crippen LogP contribution in [-0.2, 0) is 9.53 Å². The van der Waals surface area contributed by atoms with Gasteiger partial charge in [-0.15, -0.1) is 12.4 Å². The zero-order valence-corrected chi connectivity index (χ0v) is 17.3. The van der Waals surface area contributed by atoms with Crippen molar-refractivity contribution in [3.8, 4) is 0 Å². The molecule has 6 atom stereocenters. The van der Waals surface area contributed by atoms with E-state index in [0.717, 1.165) is 38.9 Å². The monoisotopic (exact) mass is 420 g/mol. The summed E-state index contributed by atoms with van der Waals surface area (Å²) in [5, 5.41) is 10.6. The summed E-state index contributed by atoms with van der Waals surface area (Å²) in [5.41, 5.74) is 0.449. The summed E-state index contributed by atoms with van der Waals surface area (Å²) < 4.78 is 5.63. The number of benzene rings is 1. The summed E-state index contributed by atoms with van der Waals surface area (Å²) in [4.78, 5) is 30.0. The highest BCUT2D eigenvalue weighted by Crippen LogP contribution is 2.45. The van der Waals surface area contributed by atoms with E-state index >= 15 is 0 Å². The minimum atomic E-state index is -1.26. The second kappa shape index (κ2) is 8.25. The summed E-state index contributed by atoms with van der Waals surface area (Å²) in [6.45, 7) is 3.05. The van der Waals surface area contributed by atoms with Crippen molar-refractivity contribution >= 4 is 24.3 Å². The highest BCUT2D eigenvalue weighted by Gasteiger charge is 2.54. The van der Waals surface area contributed by atoms with E-state index in [1.165, 1.54) is 6.42 Å². The summed E-state index contributed by atoms with van der Waals surface area (Å²) >= 11 is 0. The molecule has 1 aromatic carbocycles. The fraction of sp³-hybridized carbons (Fsp3) is 0.636. The number of amides is 1. The van der Waals surface area contributed by atoms with Gasteiger partial charge in [0.05, 0.1) is 5.56 Å². The van der Waals surface area contributed by atoms with Gasteiger partial charge < -0.3 is 14.7 Å². The second-order valence-corrected chi connectivity index (χ2v) is 8.78. The third-order valence-electron chi connectivity index (χ3n) is 7.30. The zero-order valence-electron chi connectivity index (χ0n) is 16.5. The van der Waals surface area contributed by atoms with E-state index < -0.39 is 18.2 Å². The maximum absolute atomic E-state index is 13.0. The van der Waals surface area contributed by atoms with Crippen molar-refractivity contribution in [3.63, 3.8) is 0 Å². The van der Waals surface area contributed by atoms with Gasteiger partial charge in [-0.25, -0.2) is 4.79 Å². The molecule has 4 saturated heterocycles. The Morgan fingerprint density at radius 1 is 1.10 bits per heavy atom. The summed E-state index contributed by atoms with van der Waals surface area (Å²) in [6.07, 6.45) is 3.13. The van der Waals surface area contributed by atoms with E-state index in [0.29, 0.717) is 29.9 Å². The van der Waals surface area contributed by atoms with Gasteiger partial charge in [-0.2, -0.15) is 0 Å². The molecule has 7 heteroatoms. The number of hydrogen-bond acceptors (Lipinski definition) is 5. The first kappa shape index (κ1) is 20.6. The first-order valence-corrected chi connectivity index (χ1v) is 10.6. The van der Waals surface area contributed by atoms with Gasteiger partial charge in [0.15, 0.2) is 6.10 Å². The van der Waals surface area contributed by atoms with Crippen LogP contribution in [0.4, 0.5) is 0 Å². The molecule has 5 rings (SSSR count). The smallest absolute Gasteiger partial charge is 0.338 e. The number of aliphatic hydroxyl groups is 1. The molecule has 1 N–H and O–H groups in total. The number of nitrogens with zero attached hydrogens (tertiary/aromatic N) is 2. The molecule has 4 heterocycles. The van der Waals surface area contributed by atoms with E-state index in [4.69, 9.17) is 4.74 Å². The maximum atomic E-state index is 13.0. The van der Waals surface area contributed by atoms with Gasteiger partial charge in [-0.3, -0.25) is 9.69 Å². The molecule has 4 aliphatic heterocycles. The summed E-state index contributed by atoms with van der Waals surface area (Å²) in [7, 11) is 0. The molecule has 1 amide bonds. The fourth-order valence-electron chi connectivity index (χ4n) is 6.14. The molecule has 0 saturated carbocycles. The normalized spacial score (nSPS) is 36.4. The number of aliphatic hydroxyl groups excluding tert-OH is 1. The van der Waals surface area contributed by atoms with Crippen LogP contribution in [-0.4, -0.2) is 70.7 Å². The third kappa shape index (κ3) is 3.56. The molecule has 4 aliphatic rings. The Hall–Kier alpha value is -1.63. The van der Waals surface area contributed by atoms with Crippen LogP contribution in [0.15, 0.2) is 30.3 Å². The Balaban J connectivity index is 0.00000205. The third-order valence-corrected chi connectivity index (χ3v) is 7.30. The molecule has 4 fully saturated rings. The van der Waals surface area contributed by atoms with Crippen LogP contribution in [0, 0.1) is 11.8 Å². The second-order valence-electron chi connectivity index (χ2n) is 8.78. The maximum Gasteiger partial charge on any atom is 0.338 e. The molecule has 0 radical (unpaired) electrons. The van der Waals surface area contributed by atoms with Crippen molar-refractivity contribution in [2.45, 2.75) is 56.4 Å². The SMILES string of the molecule is Cl.O=C(OC1C[C@@H]2[C@H]3CCCN4CCC[C@@H](CN2C(=O)C1O)[C@@H]34)c1ccccc1. The highest BCUT2D eigenvalue weighted by atomic mass is 35.5. The van der Waals surface area contributed by atoms with Crippen molar-refractivity contribution in [3.05, 3.63) is 35.9 Å². The van der Waals surface area contributed by atoms with Crippen molar-refractivity contribution in [2.75, 3.05) is 19.6 Å². The van der Waals surface area contributed by atoms with Crippen LogP contribution < -0.4 is 0 Å². The predicted molar refractivity (Wildman–Crippen MR) is 110 cm³/mol. The molecule has 6 nitrogen and oxygen atoms in total. The largest absolute Gasteiger partial charge is 0.455 e. The average Bonchev–Trinajstić information content (AvgIpc) is 2.73. The first-order chi connectivity index (χ1) is 13.6. The van der Waals surface area contributed by atoms with E-state index in [1.807, 2.05) is 11.0 Å². The van der Waals surface area contributed by atoms with E-state index in [1.54, 1.807) is 24.3 Å². The summed E-state index contributed by atoms with van der Waals surface area (Å²) in [6, 6.07) is 9.38. The van der Waals surface area contributed by atoms with Gasteiger partial charge in [0.25, 0.3) is 5.91 Å². The Morgan fingerprint density at radius 3 is 2.59 bits per heavy atom. The van der Waals surface area contributed by atoms with Crippen molar-refractivity contribution in [1.82, 2.24) is 9.80 Å². The number of halogens is 1. The van der Waals surface area contributed by atoms with E-state index in [-0.39, 0.29) is 24.4 Å². The van der Waals surface area contributed by atoms with Crippen molar-refractivity contribution < 1.29 is 19.4 Å². The lowest BCUT2D eigenvalue weighted by Crippen LogP contribution is -2.70. The van der Waals surface area contributed by atoms with E-state index in [2.05, 4.69) is 4.90 Å². The van der Waals surface area contributed by atoms with E-state index in [9.17, 15) is 14.7 Å². The quantitative estimate of drug-likeness (QED) is 0.742. The predicted octanol–water partition coefficient (Wildman–Crippen LogP) is 2.10. The van der Waals surface area contributed by atoms with Crippen LogP contribution in [0.2, 0.25) is 0 Å². The number of carbonyl (C=O) groups is 2. The number of ether oxygens (including phenoxy) is 1. The van der Waals surface area contributed by atoms with Gasteiger partial charge in [0, 0.05) is 25.0 Å². The number of rotatable bonds is 2. The molecule has 1 aromatic rings. The van der Waals surface area contributed by atoms with Gasteiger partial charge in [-0.1, -0.05) is 18.2 Å². The Kier molecular flexibility index (Phi) is 5.87. The van der Waals surface area contributed by atoms with Crippen molar-refractivity contribution in [1.29, 1.82) is 0 Å². The first-order valence-electron chi connectivity index (χ1n) is 10.6. The van der Waals surface area contributed by atoms with Crippen LogP contribution >= 0.6 is 12.4 Å². The highest BCUT2D eigenvalue weighted by molar-refractivity contribution is 5.90. The van der Waals surface area contributed by atoms with Crippen molar-refractivity contribution in [2.24, 2.45) is 11.8 Å². The molecule has 0 aromatic heterocycles. The number of piperidine rings is 4. The lowest BCUT2D eigenvalue weighted by Gasteiger charge is -2.59. The molecule has 0 bridgehead atoms. The summed E-state index contributed by atoms with van der Waals surface area (Å²) in [5.74, 6) is 0.197. The van der Waals surface area contributed by atoms with Crippen LogP contribution in [0.3, 0.4) is 0 Å². The average molecular weight is 421 g/mol. The van der Waals surface area contributed by atoms with Crippen LogP contribution in [0.25, 0.3) is 0 Å². The zero-order chi connectivity index (χ0) is 19.3. The number of esters is 1. The molecule has 2 unspecified atom stereocenters. The van der Waals surface area contributed by atoms with Gasteiger partial charge >= 0.3 is 5.97 Å². The molecule has 158 valence electrons. The Labute approximate surface area is 177 Å². The fourth-order valence-corrected chi connectivity index (χ4v) is 6.14.